The zero-order valence-electron chi connectivity index (χ0n) is 14.3. The summed E-state index contributed by atoms with van der Waals surface area (Å²) in [6.45, 7) is 4.02. The lowest BCUT2D eigenvalue weighted by atomic mass is 10.2. The molecule has 0 N–H and O–H groups in total. The highest BCUT2D eigenvalue weighted by atomic mass is 32.2. The molecule has 0 radical (unpaired) electrons. The van der Waals surface area contributed by atoms with Crippen molar-refractivity contribution in [1.29, 1.82) is 0 Å². The first-order valence-electron chi connectivity index (χ1n) is 8.12. The summed E-state index contributed by atoms with van der Waals surface area (Å²) < 4.78 is 5.93. The van der Waals surface area contributed by atoms with E-state index in [1.807, 2.05) is 37.4 Å². The minimum absolute atomic E-state index is 0.0532. The number of rotatable bonds is 5. The molecular weight excluding hydrogens is 386 g/mol. The summed E-state index contributed by atoms with van der Waals surface area (Å²) in [4.78, 5) is 27.3. The Kier molecular flexibility index (Phi) is 5.90. The Morgan fingerprint density at radius 3 is 2.65 bits per heavy atom. The zero-order chi connectivity index (χ0) is 18.7. The fourth-order valence-electron chi connectivity index (χ4n) is 2.38. The molecule has 1 aromatic heterocycles. The van der Waals surface area contributed by atoms with Crippen molar-refractivity contribution in [3.05, 3.63) is 57.1 Å². The maximum Gasteiger partial charge on any atom is 0.353 e. The molecule has 3 rings (SSSR count). The number of carbonyl (C=O) groups is 2. The topological polar surface area (TPSA) is 46.6 Å². The van der Waals surface area contributed by atoms with E-state index in [-0.39, 0.29) is 17.9 Å². The zero-order valence-corrected chi connectivity index (χ0v) is 16.7. The third-order valence-corrected chi connectivity index (χ3v) is 6.15. The number of hydrogen-bond donors (Lipinski definition) is 0. The number of esters is 1. The number of amides is 1. The maximum absolute atomic E-state index is 12.5. The summed E-state index contributed by atoms with van der Waals surface area (Å²) in [6.07, 6.45) is 2.66. The molecule has 2 heterocycles. The van der Waals surface area contributed by atoms with Crippen molar-refractivity contribution in [3.8, 4) is 5.75 Å². The van der Waals surface area contributed by atoms with Gasteiger partial charge in [0.2, 0.25) is 0 Å². The fraction of sp³-hybridized carbons (Fsp3) is 0.211. The smallest absolute Gasteiger partial charge is 0.353 e. The number of thioether (sulfide) groups is 1. The van der Waals surface area contributed by atoms with E-state index in [1.165, 1.54) is 23.1 Å². The van der Waals surface area contributed by atoms with E-state index < -0.39 is 0 Å². The molecule has 1 amide bonds. The van der Waals surface area contributed by atoms with E-state index in [4.69, 9.17) is 17.0 Å². The molecule has 0 saturated carbocycles. The molecule has 1 aliphatic rings. The Morgan fingerprint density at radius 2 is 2.04 bits per heavy atom. The van der Waals surface area contributed by atoms with Crippen LogP contribution in [0.2, 0.25) is 0 Å². The lowest BCUT2D eigenvalue weighted by Gasteiger charge is -2.21. The van der Waals surface area contributed by atoms with Crippen molar-refractivity contribution in [2.75, 3.05) is 0 Å². The molecule has 2 aromatic rings. The molecule has 1 aromatic carbocycles. The number of benzene rings is 1. The summed E-state index contributed by atoms with van der Waals surface area (Å²) >= 11 is 7.99. The van der Waals surface area contributed by atoms with E-state index in [0.29, 0.717) is 19.9 Å². The highest BCUT2D eigenvalue weighted by molar-refractivity contribution is 8.26. The molecule has 1 aliphatic heterocycles. The van der Waals surface area contributed by atoms with Gasteiger partial charge in [-0.25, -0.2) is 4.79 Å². The van der Waals surface area contributed by atoms with Gasteiger partial charge in [0.15, 0.2) is 0 Å². The summed E-state index contributed by atoms with van der Waals surface area (Å²) in [5.41, 5.74) is 0.852. The van der Waals surface area contributed by atoms with Gasteiger partial charge in [0.1, 0.15) is 14.9 Å². The van der Waals surface area contributed by atoms with Gasteiger partial charge in [-0.2, -0.15) is 0 Å². The lowest BCUT2D eigenvalue weighted by molar-refractivity contribution is -0.123. The molecular formula is C19H17NO3S3. The SMILES string of the molecule is CC[C@H](C)N1C(=O)/C(=C/c2ccc(OC(=O)c3cccs3)cc2)SC1=S. The number of thiophene rings is 1. The Labute approximate surface area is 165 Å². The molecule has 0 spiro atoms. The number of ether oxygens (including phenoxy) is 1. The van der Waals surface area contributed by atoms with Crippen molar-refractivity contribution >= 4 is 57.6 Å². The van der Waals surface area contributed by atoms with Crippen molar-refractivity contribution in [3.63, 3.8) is 0 Å². The molecule has 7 heteroatoms. The Bertz CT molecular complexity index is 857. The molecule has 0 aliphatic carbocycles. The highest BCUT2D eigenvalue weighted by Crippen LogP contribution is 2.34. The Balaban J connectivity index is 1.71. The number of carbonyl (C=O) groups excluding carboxylic acids is 2. The minimum atomic E-state index is -0.373. The summed E-state index contributed by atoms with van der Waals surface area (Å²) in [5.74, 6) is 0.0393. The van der Waals surface area contributed by atoms with E-state index in [0.717, 1.165) is 12.0 Å². The van der Waals surface area contributed by atoms with Gasteiger partial charge >= 0.3 is 5.97 Å². The van der Waals surface area contributed by atoms with Crippen LogP contribution in [-0.2, 0) is 4.79 Å². The second-order valence-corrected chi connectivity index (χ2v) is 8.37. The maximum atomic E-state index is 12.5. The summed E-state index contributed by atoms with van der Waals surface area (Å²) in [5, 5.41) is 1.83. The molecule has 1 atom stereocenters. The van der Waals surface area contributed by atoms with E-state index in [2.05, 4.69) is 0 Å². The molecule has 0 bridgehead atoms. The third kappa shape index (κ3) is 4.06. The monoisotopic (exact) mass is 403 g/mol. The van der Waals surface area contributed by atoms with Gasteiger partial charge in [0.25, 0.3) is 5.91 Å². The van der Waals surface area contributed by atoms with Crippen molar-refractivity contribution in [1.82, 2.24) is 4.90 Å². The molecule has 4 nitrogen and oxygen atoms in total. The standard InChI is InChI=1S/C19H17NO3S3/c1-3-12(2)20-17(21)16(26-19(20)24)11-13-6-8-14(9-7-13)23-18(22)15-5-4-10-25-15/h4-12H,3H2,1-2H3/b16-11-/t12-/m0/s1. The van der Waals surface area contributed by atoms with E-state index >= 15 is 0 Å². The van der Waals surface area contributed by atoms with Crippen LogP contribution >= 0.6 is 35.3 Å². The van der Waals surface area contributed by atoms with Crippen LogP contribution in [0.1, 0.15) is 35.5 Å². The van der Waals surface area contributed by atoms with Gasteiger partial charge in [-0.3, -0.25) is 9.69 Å². The predicted octanol–water partition coefficient (Wildman–Crippen LogP) is 4.97. The summed E-state index contributed by atoms with van der Waals surface area (Å²) in [7, 11) is 0. The van der Waals surface area contributed by atoms with Crippen LogP contribution in [-0.4, -0.2) is 27.1 Å². The fourth-order valence-corrected chi connectivity index (χ4v) is 4.44. The van der Waals surface area contributed by atoms with Gasteiger partial charge in [-0.15, -0.1) is 11.3 Å². The quantitative estimate of drug-likeness (QED) is 0.305. The second kappa shape index (κ2) is 8.16. The van der Waals surface area contributed by atoms with E-state index in [9.17, 15) is 9.59 Å². The van der Waals surface area contributed by atoms with Gasteiger partial charge in [0.05, 0.1) is 4.91 Å². The van der Waals surface area contributed by atoms with Gasteiger partial charge in [0, 0.05) is 6.04 Å². The molecule has 1 saturated heterocycles. The molecule has 134 valence electrons. The number of thiocarbonyl (C=S) groups is 1. The third-order valence-electron chi connectivity index (χ3n) is 3.97. The van der Waals surface area contributed by atoms with Crippen LogP contribution in [0, 0.1) is 0 Å². The van der Waals surface area contributed by atoms with Crippen LogP contribution in [0.3, 0.4) is 0 Å². The largest absolute Gasteiger partial charge is 0.422 e. The van der Waals surface area contributed by atoms with Gasteiger partial charge in [-0.05, 0) is 48.6 Å². The first-order chi connectivity index (χ1) is 12.5. The lowest BCUT2D eigenvalue weighted by Crippen LogP contribution is -2.36. The first-order valence-corrected chi connectivity index (χ1v) is 10.2. The van der Waals surface area contributed by atoms with Crippen LogP contribution in [0.15, 0.2) is 46.7 Å². The second-order valence-electron chi connectivity index (χ2n) is 5.74. The summed E-state index contributed by atoms with van der Waals surface area (Å²) in [6, 6.07) is 10.7. The minimum Gasteiger partial charge on any atom is -0.422 e. The normalized spacial score (nSPS) is 17.0. The van der Waals surface area contributed by atoms with Crippen molar-refractivity contribution in [2.45, 2.75) is 26.3 Å². The average molecular weight is 404 g/mol. The average Bonchev–Trinajstić information content (AvgIpc) is 3.25. The van der Waals surface area contributed by atoms with Gasteiger partial charge < -0.3 is 4.74 Å². The molecule has 0 unspecified atom stereocenters. The Morgan fingerprint density at radius 1 is 1.31 bits per heavy atom. The molecule has 1 fully saturated rings. The highest BCUT2D eigenvalue weighted by Gasteiger charge is 2.34. The van der Waals surface area contributed by atoms with Crippen LogP contribution < -0.4 is 4.74 Å². The van der Waals surface area contributed by atoms with Gasteiger partial charge in [-0.1, -0.05) is 49.1 Å². The van der Waals surface area contributed by atoms with Crippen molar-refractivity contribution in [2.24, 2.45) is 0 Å². The number of hydrogen-bond acceptors (Lipinski definition) is 6. The van der Waals surface area contributed by atoms with Crippen LogP contribution in [0.5, 0.6) is 5.75 Å². The van der Waals surface area contributed by atoms with Crippen LogP contribution in [0.25, 0.3) is 6.08 Å². The Hall–Kier alpha value is -1.96. The number of nitrogens with zero attached hydrogens (tertiary/aromatic N) is 1. The van der Waals surface area contributed by atoms with E-state index in [1.54, 1.807) is 29.2 Å². The first kappa shape index (κ1) is 18.8. The molecule has 26 heavy (non-hydrogen) atoms. The predicted molar refractivity (Wildman–Crippen MR) is 110 cm³/mol. The van der Waals surface area contributed by atoms with Crippen LogP contribution in [0.4, 0.5) is 0 Å². The van der Waals surface area contributed by atoms with Crippen molar-refractivity contribution < 1.29 is 14.3 Å².